The van der Waals surface area contributed by atoms with E-state index < -0.39 is 11.7 Å². The molecule has 1 atom stereocenters. The van der Waals surface area contributed by atoms with Crippen LogP contribution in [0.1, 0.15) is 36.5 Å². The van der Waals surface area contributed by atoms with Crippen molar-refractivity contribution in [2.24, 2.45) is 0 Å². The largest absolute Gasteiger partial charge is 0.513 e. The van der Waals surface area contributed by atoms with Crippen LogP contribution < -0.4 is 5.06 Å². The normalized spacial score (nSPS) is 20.8. The average molecular weight is 514 g/mol. The van der Waals surface area contributed by atoms with Gasteiger partial charge in [-0.1, -0.05) is 22.0 Å². The van der Waals surface area contributed by atoms with Crippen molar-refractivity contribution in [3.05, 3.63) is 39.1 Å². The SMILES string of the molecule is CCOC(=O)OC1=C(c2cc(Br)c(C)cc2C)C(=O)[NH+](OCOC)C12CCN(OC)CC2. The number of quaternary nitrogens is 1. The second kappa shape index (κ2) is 10.4. The summed E-state index contributed by atoms with van der Waals surface area (Å²) in [5.41, 5.74) is 1.99. The van der Waals surface area contributed by atoms with Gasteiger partial charge in [-0.05, 0) is 43.5 Å². The summed E-state index contributed by atoms with van der Waals surface area (Å²) in [6.07, 6.45) is 0.0875. The molecule has 3 rings (SSSR count). The number of benzene rings is 1. The number of aryl methyl sites for hydroxylation is 2. The van der Waals surface area contributed by atoms with E-state index in [0.29, 0.717) is 37.1 Å². The highest BCUT2D eigenvalue weighted by atomic mass is 79.9. The van der Waals surface area contributed by atoms with E-state index in [4.69, 9.17) is 23.9 Å². The summed E-state index contributed by atoms with van der Waals surface area (Å²) in [5, 5.41) is 2.03. The maximum atomic E-state index is 13.8. The lowest BCUT2D eigenvalue weighted by Crippen LogP contribution is -3.20. The van der Waals surface area contributed by atoms with E-state index in [1.54, 1.807) is 19.1 Å². The van der Waals surface area contributed by atoms with Crippen LogP contribution in [-0.4, -0.2) is 63.4 Å². The fourth-order valence-electron chi connectivity index (χ4n) is 4.32. The number of ether oxygens (including phenoxy) is 3. The number of methoxy groups -OCH3 is 1. The molecule has 2 aliphatic heterocycles. The number of halogens is 1. The van der Waals surface area contributed by atoms with E-state index in [1.807, 2.05) is 26.0 Å². The Labute approximate surface area is 196 Å². The molecule has 0 radical (unpaired) electrons. The molecule has 2 heterocycles. The summed E-state index contributed by atoms with van der Waals surface area (Å²) < 4.78 is 16.8. The van der Waals surface area contributed by atoms with Gasteiger partial charge in [-0.2, -0.15) is 9.90 Å². The molecule has 176 valence electrons. The van der Waals surface area contributed by atoms with Crippen molar-refractivity contribution >= 4 is 33.6 Å². The van der Waals surface area contributed by atoms with Crippen molar-refractivity contribution in [1.82, 2.24) is 5.06 Å². The van der Waals surface area contributed by atoms with Crippen LogP contribution >= 0.6 is 15.9 Å². The molecule has 0 aromatic heterocycles. The minimum absolute atomic E-state index is 0.0899. The van der Waals surface area contributed by atoms with Gasteiger partial charge in [0.25, 0.3) is 0 Å². The first-order valence-electron chi connectivity index (χ1n) is 10.5. The summed E-state index contributed by atoms with van der Waals surface area (Å²) in [6.45, 7) is 6.73. The standard InChI is InChI=1S/C22H29BrN2O7/c1-6-30-21(27)32-19-18(16-12-17(23)15(3)11-14(16)2)20(26)25(31-13-28-4)22(19)7-9-24(29-5)10-8-22/h11-12H,6-10,13H2,1-5H3/p+1. The summed E-state index contributed by atoms with van der Waals surface area (Å²) in [5.74, 6) is -0.0484. The third-order valence-electron chi connectivity index (χ3n) is 5.91. The molecule has 32 heavy (non-hydrogen) atoms. The fourth-order valence-corrected chi connectivity index (χ4v) is 4.67. The highest BCUT2D eigenvalue weighted by molar-refractivity contribution is 9.10. The first kappa shape index (κ1) is 24.8. The molecule has 10 heteroatoms. The predicted molar refractivity (Wildman–Crippen MR) is 118 cm³/mol. The molecule has 0 bridgehead atoms. The van der Waals surface area contributed by atoms with Gasteiger partial charge in [0.1, 0.15) is 5.57 Å². The monoisotopic (exact) mass is 513 g/mol. The van der Waals surface area contributed by atoms with Gasteiger partial charge in [-0.25, -0.2) is 9.59 Å². The number of nitrogens with zero attached hydrogens (tertiary/aromatic N) is 1. The minimum Gasteiger partial charge on any atom is -0.434 e. The molecule has 1 aromatic rings. The van der Waals surface area contributed by atoms with Gasteiger partial charge in [0.05, 0.1) is 13.7 Å². The van der Waals surface area contributed by atoms with Crippen molar-refractivity contribution < 1.29 is 38.5 Å². The van der Waals surface area contributed by atoms with Gasteiger partial charge in [0, 0.05) is 37.5 Å². The number of hydrogen-bond acceptors (Lipinski definition) is 8. The maximum absolute atomic E-state index is 13.8. The number of carbonyl (C=O) groups excluding carboxylic acids is 2. The number of carbonyl (C=O) groups is 2. The Morgan fingerprint density at radius 2 is 1.88 bits per heavy atom. The summed E-state index contributed by atoms with van der Waals surface area (Å²) in [6, 6.07) is 3.86. The number of hydrogen-bond donors (Lipinski definition) is 1. The molecule has 1 unspecified atom stereocenters. The average Bonchev–Trinajstić information content (AvgIpc) is 2.97. The first-order valence-corrected chi connectivity index (χ1v) is 11.3. The molecule has 1 amide bonds. The van der Waals surface area contributed by atoms with Crippen molar-refractivity contribution in [3.8, 4) is 0 Å². The quantitative estimate of drug-likeness (QED) is 0.438. The topological polar surface area (TPSA) is 88.0 Å². The van der Waals surface area contributed by atoms with Crippen molar-refractivity contribution in [1.29, 1.82) is 0 Å². The van der Waals surface area contributed by atoms with Gasteiger partial charge in [0.2, 0.25) is 6.79 Å². The molecule has 1 fully saturated rings. The van der Waals surface area contributed by atoms with Gasteiger partial charge in [0.15, 0.2) is 11.3 Å². The Morgan fingerprint density at radius 1 is 1.19 bits per heavy atom. The van der Waals surface area contributed by atoms with E-state index >= 15 is 0 Å². The lowest BCUT2D eigenvalue weighted by molar-refractivity contribution is -1.06. The van der Waals surface area contributed by atoms with E-state index in [2.05, 4.69) is 15.9 Å². The van der Waals surface area contributed by atoms with Crippen molar-refractivity contribution in [2.45, 2.75) is 39.2 Å². The van der Waals surface area contributed by atoms with Crippen LogP contribution in [-0.2, 0) is 28.7 Å². The van der Waals surface area contributed by atoms with Crippen LogP contribution in [0.3, 0.4) is 0 Å². The van der Waals surface area contributed by atoms with Gasteiger partial charge in [-0.3, -0.25) is 0 Å². The smallest absolute Gasteiger partial charge is 0.434 e. The molecule has 1 spiro atoms. The molecule has 0 aliphatic carbocycles. The van der Waals surface area contributed by atoms with Crippen LogP contribution in [0.25, 0.3) is 5.57 Å². The molecule has 1 N–H and O–H groups in total. The third-order valence-corrected chi connectivity index (χ3v) is 6.76. The lowest BCUT2D eigenvalue weighted by Gasteiger charge is -2.38. The summed E-state index contributed by atoms with van der Waals surface area (Å²) >= 11 is 3.56. The van der Waals surface area contributed by atoms with Gasteiger partial charge >= 0.3 is 12.1 Å². The fraction of sp³-hybridized carbons (Fsp3) is 0.545. The second-order valence-electron chi connectivity index (χ2n) is 7.81. The first-order chi connectivity index (χ1) is 15.3. The predicted octanol–water partition coefficient (Wildman–Crippen LogP) is 2.31. The van der Waals surface area contributed by atoms with E-state index in [9.17, 15) is 9.59 Å². The van der Waals surface area contributed by atoms with Crippen LogP contribution in [0, 0.1) is 13.8 Å². The molecular formula is C22H30BrN2O7+. The Bertz CT molecular complexity index is 910. The number of nitrogens with one attached hydrogen (secondary N) is 1. The zero-order valence-electron chi connectivity index (χ0n) is 19.1. The number of hydroxylamine groups is 4. The Balaban J connectivity index is 2.19. The Hall–Kier alpha value is -1.82. The van der Waals surface area contributed by atoms with Crippen LogP contribution in [0.5, 0.6) is 0 Å². The zero-order valence-corrected chi connectivity index (χ0v) is 20.7. The van der Waals surface area contributed by atoms with Crippen molar-refractivity contribution in [3.63, 3.8) is 0 Å². The van der Waals surface area contributed by atoms with E-state index in [1.165, 1.54) is 7.11 Å². The Kier molecular flexibility index (Phi) is 8.07. The number of amides is 1. The van der Waals surface area contributed by atoms with E-state index in [0.717, 1.165) is 15.6 Å². The lowest BCUT2D eigenvalue weighted by atomic mass is 9.85. The Morgan fingerprint density at radius 3 is 2.47 bits per heavy atom. The number of piperidine rings is 1. The van der Waals surface area contributed by atoms with Gasteiger partial charge < -0.3 is 19.0 Å². The molecular weight excluding hydrogens is 484 g/mol. The van der Waals surface area contributed by atoms with Crippen LogP contribution in [0.15, 0.2) is 22.4 Å². The highest BCUT2D eigenvalue weighted by Crippen LogP contribution is 2.40. The zero-order chi connectivity index (χ0) is 23.5. The van der Waals surface area contributed by atoms with Crippen LogP contribution in [0.4, 0.5) is 4.79 Å². The molecule has 1 aromatic carbocycles. The highest BCUT2D eigenvalue weighted by Gasteiger charge is 2.62. The molecule has 2 aliphatic rings. The second-order valence-corrected chi connectivity index (χ2v) is 8.66. The molecule has 9 nitrogen and oxygen atoms in total. The number of rotatable bonds is 7. The third kappa shape index (κ3) is 4.61. The minimum atomic E-state index is -0.920. The summed E-state index contributed by atoms with van der Waals surface area (Å²) in [4.78, 5) is 37.4. The summed E-state index contributed by atoms with van der Waals surface area (Å²) in [7, 11) is 3.10. The van der Waals surface area contributed by atoms with Gasteiger partial charge in [-0.15, -0.1) is 5.06 Å². The van der Waals surface area contributed by atoms with E-state index in [-0.39, 0.29) is 30.1 Å². The van der Waals surface area contributed by atoms with Crippen molar-refractivity contribution in [2.75, 3.05) is 40.7 Å². The molecule has 1 saturated heterocycles. The molecule has 0 saturated carbocycles. The van der Waals surface area contributed by atoms with Crippen LogP contribution in [0.2, 0.25) is 0 Å². The maximum Gasteiger partial charge on any atom is 0.513 e.